The fourth-order valence-electron chi connectivity index (χ4n) is 2.17. The van der Waals surface area contributed by atoms with Crippen LogP contribution in [-0.2, 0) is 10.0 Å². The summed E-state index contributed by atoms with van der Waals surface area (Å²) >= 11 is 5.91. The molecule has 0 aromatic carbocycles. The Kier molecular flexibility index (Phi) is 6.24. The Labute approximate surface area is 111 Å². The first-order valence-electron chi connectivity index (χ1n) is 6.53. The molecule has 0 aromatic heterocycles. The van der Waals surface area contributed by atoms with Gasteiger partial charge in [-0.25, -0.2) is 8.42 Å². The van der Waals surface area contributed by atoms with E-state index in [4.69, 9.17) is 11.6 Å². The second kappa shape index (κ2) is 6.95. The van der Waals surface area contributed by atoms with Gasteiger partial charge in [0.25, 0.3) is 0 Å². The molecule has 3 nitrogen and oxygen atoms in total. The quantitative estimate of drug-likeness (QED) is 0.727. The van der Waals surface area contributed by atoms with Gasteiger partial charge in [0, 0.05) is 18.5 Å². The maximum atomic E-state index is 12.3. The summed E-state index contributed by atoms with van der Waals surface area (Å²) in [5.74, 6) is 1.10. The molecule has 1 aliphatic heterocycles. The number of alkyl halides is 1. The maximum absolute atomic E-state index is 12.3. The summed E-state index contributed by atoms with van der Waals surface area (Å²) < 4.78 is 26.2. The molecule has 1 aliphatic rings. The predicted octanol–water partition coefficient (Wildman–Crippen LogP) is 2.85. The molecular weight excluding hydrogens is 258 g/mol. The summed E-state index contributed by atoms with van der Waals surface area (Å²) in [6.45, 7) is 4.76. The smallest absolute Gasteiger partial charge is 0.212 e. The predicted molar refractivity (Wildman–Crippen MR) is 72.9 cm³/mol. The van der Waals surface area contributed by atoms with Crippen LogP contribution in [-0.4, -0.2) is 36.9 Å². The molecule has 1 atom stereocenters. The summed E-state index contributed by atoms with van der Waals surface area (Å²) in [5.41, 5.74) is 0. The van der Waals surface area contributed by atoms with Gasteiger partial charge in [0.05, 0.1) is 5.75 Å². The normalized spacial score (nSPS) is 23.9. The minimum Gasteiger partial charge on any atom is -0.212 e. The van der Waals surface area contributed by atoms with Crippen LogP contribution in [0.2, 0.25) is 0 Å². The van der Waals surface area contributed by atoms with Crippen LogP contribution < -0.4 is 0 Å². The van der Waals surface area contributed by atoms with E-state index in [2.05, 4.69) is 13.8 Å². The van der Waals surface area contributed by atoms with Gasteiger partial charge < -0.3 is 0 Å². The molecule has 0 radical (unpaired) electrons. The largest absolute Gasteiger partial charge is 0.214 e. The van der Waals surface area contributed by atoms with Crippen LogP contribution in [0.3, 0.4) is 0 Å². The molecule has 0 saturated carbocycles. The zero-order valence-electron chi connectivity index (χ0n) is 10.9. The highest BCUT2D eigenvalue weighted by molar-refractivity contribution is 7.89. The van der Waals surface area contributed by atoms with Gasteiger partial charge in [0.1, 0.15) is 0 Å². The van der Waals surface area contributed by atoms with Gasteiger partial charge in [-0.1, -0.05) is 26.7 Å². The van der Waals surface area contributed by atoms with Crippen LogP contribution in [0.25, 0.3) is 0 Å². The molecule has 0 spiro atoms. The Balaban J connectivity index is 2.71. The minimum atomic E-state index is -3.11. The summed E-state index contributed by atoms with van der Waals surface area (Å²) in [6.07, 6.45) is 4.81. The first-order valence-corrected chi connectivity index (χ1v) is 8.67. The molecule has 1 heterocycles. The lowest BCUT2D eigenvalue weighted by atomic mass is 10.1. The van der Waals surface area contributed by atoms with Crippen molar-refractivity contribution in [3.63, 3.8) is 0 Å². The molecule has 0 aliphatic carbocycles. The number of sulfonamides is 1. The van der Waals surface area contributed by atoms with E-state index in [0.717, 1.165) is 32.1 Å². The molecule has 1 saturated heterocycles. The van der Waals surface area contributed by atoms with E-state index in [0.29, 0.717) is 18.3 Å². The lowest BCUT2D eigenvalue weighted by Crippen LogP contribution is -2.42. The third kappa shape index (κ3) is 4.76. The first-order chi connectivity index (χ1) is 7.97. The maximum Gasteiger partial charge on any atom is 0.214 e. The van der Waals surface area contributed by atoms with Crippen LogP contribution in [0, 0.1) is 5.92 Å². The van der Waals surface area contributed by atoms with Gasteiger partial charge in [-0.2, -0.15) is 4.31 Å². The van der Waals surface area contributed by atoms with E-state index in [-0.39, 0.29) is 11.8 Å². The fraction of sp³-hybridized carbons (Fsp3) is 1.00. The third-order valence-electron chi connectivity index (χ3n) is 3.31. The minimum absolute atomic E-state index is 0.0105. The molecule has 102 valence electrons. The highest BCUT2D eigenvalue weighted by Gasteiger charge is 2.30. The van der Waals surface area contributed by atoms with Gasteiger partial charge in [0.2, 0.25) is 10.0 Å². The molecule has 0 N–H and O–H groups in total. The van der Waals surface area contributed by atoms with Crippen LogP contribution >= 0.6 is 11.6 Å². The van der Waals surface area contributed by atoms with Crippen molar-refractivity contribution in [1.82, 2.24) is 4.31 Å². The van der Waals surface area contributed by atoms with Crippen molar-refractivity contribution in [3.8, 4) is 0 Å². The number of nitrogens with zero attached hydrogens (tertiary/aromatic N) is 1. The third-order valence-corrected chi connectivity index (χ3v) is 5.61. The molecular formula is C12H24ClNO2S. The lowest BCUT2D eigenvalue weighted by molar-refractivity contribution is 0.343. The average molecular weight is 282 g/mol. The fourth-order valence-corrected chi connectivity index (χ4v) is 4.62. The van der Waals surface area contributed by atoms with Crippen molar-refractivity contribution in [1.29, 1.82) is 0 Å². The Morgan fingerprint density at radius 3 is 2.59 bits per heavy atom. The molecule has 5 heteroatoms. The Bertz CT molecular complexity index is 316. The standard InChI is InChI=1S/C12H24ClNO2S/c1-11(2)7-9-17(15,16)14-8-5-3-4-6-12(14)10-13/h11-12H,3-10H2,1-2H3. The van der Waals surface area contributed by atoms with Gasteiger partial charge in [0.15, 0.2) is 0 Å². The molecule has 0 bridgehead atoms. The molecule has 1 fully saturated rings. The summed E-state index contributed by atoms with van der Waals surface area (Å²) in [7, 11) is -3.11. The Morgan fingerprint density at radius 1 is 1.29 bits per heavy atom. The van der Waals surface area contributed by atoms with Crippen LogP contribution in [0.4, 0.5) is 0 Å². The average Bonchev–Trinajstić information content (AvgIpc) is 2.51. The highest BCUT2D eigenvalue weighted by atomic mass is 35.5. The Hall–Kier alpha value is 0.200. The monoisotopic (exact) mass is 281 g/mol. The first kappa shape index (κ1) is 15.3. The summed E-state index contributed by atoms with van der Waals surface area (Å²) in [6, 6.07) is 0.0105. The topological polar surface area (TPSA) is 37.4 Å². The van der Waals surface area contributed by atoms with E-state index < -0.39 is 10.0 Å². The number of halogens is 1. The van der Waals surface area contributed by atoms with E-state index in [1.54, 1.807) is 4.31 Å². The van der Waals surface area contributed by atoms with Crippen molar-refractivity contribution in [2.24, 2.45) is 5.92 Å². The second-order valence-corrected chi connectivity index (χ2v) is 7.62. The van der Waals surface area contributed by atoms with E-state index >= 15 is 0 Å². The van der Waals surface area contributed by atoms with Crippen molar-refractivity contribution in [2.45, 2.75) is 52.0 Å². The highest BCUT2D eigenvalue weighted by Crippen LogP contribution is 2.22. The Morgan fingerprint density at radius 2 is 2.00 bits per heavy atom. The van der Waals surface area contributed by atoms with Gasteiger partial charge >= 0.3 is 0 Å². The van der Waals surface area contributed by atoms with Crippen molar-refractivity contribution in [2.75, 3.05) is 18.2 Å². The van der Waals surface area contributed by atoms with Crippen LogP contribution in [0.5, 0.6) is 0 Å². The van der Waals surface area contributed by atoms with Gasteiger partial charge in [-0.05, 0) is 25.2 Å². The van der Waals surface area contributed by atoms with Gasteiger partial charge in [-0.3, -0.25) is 0 Å². The molecule has 17 heavy (non-hydrogen) atoms. The lowest BCUT2D eigenvalue weighted by Gasteiger charge is -2.27. The second-order valence-electron chi connectivity index (χ2n) is 5.27. The van der Waals surface area contributed by atoms with E-state index in [1.165, 1.54) is 0 Å². The molecule has 0 amide bonds. The van der Waals surface area contributed by atoms with E-state index in [1.807, 2.05) is 0 Å². The molecule has 0 aromatic rings. The summed E-state index contributed by atoms with van der Waals surface area (Å²) in [4.78, 5) is 0. The van der Waals surface area contributed by atoms with Crippen molar-refractivity contribution in [3.05, 3.63) is 0 Å². The zero-order chi connectivity index (χ0) is 12.9. The van der Waals surface area contributed by atoms with Crippen molar-refractivity contribution < 1.29 is 8.42 Å². The SMILES string of the molecule is CC(C)CCS(=O)(=O)N1CCCCCC1CCl. The molecule has 1 unspecified atom stereocenters. The van der Waals surface area contributed by atoms with E-state index in [9.17, 15) is 8.42 Å². The number of hydrogen-bond acceptors (Lipinski definition) is 2. The zero-order valence-corrected chi connectivity index (χ0v) is 12.4. The van der Waals surface area contributed by atoms with Crippen molar-refractivity contribution >= 4 is 21.6 Å². The molecule has 1 rings (SSSR count). The number of hydrogen-bond donors (Lipinski definition) is 0. The van der Waals surface area contributed by atoms with Crippen LogP contribution in [0.1, 0.15) is 46.0 Å². The summed E-state index contributed by atoms with van der Waals surface area (Å²) in [5, 5.41) is 0. The van der Waals surface area contributed by atoms with Crippen LogP contribution in [0.15, 0.2) is 0 Å². The number of rotatable bonds is 5. The van der Waals surface area contributed by atoms with Gasteiger partial charge in [-0.15, -0.1) is 11.6 Å².